The molecule has 0 unspecified atom stereocenters. The highest BCUT2D eigenvalue weighted by Gasteiger charge is 2.21. The molecule has 0 amide bonds. The fourth-order valence-corrected chi connectivity index (χ4v) is 4.53. The van der Waals surface area contributed by atoms with Gasteiger partial charge in [-0.05, 0) is 30.3 Å². The van der Waals surface area contributed by atoms with Crippen molar-refractivity contribution < 1.29 is 0 Å². The molecule has 0 spiro atoms. The van der Waals surface area contributed by atoms with Crippen molar-refractivity contribution >= 4 is 62.1 Å². The number of aromatic nitrogens is 4. The van der Waals surface area contributed by atoms with Crippen molar-refractivity contribution in [2.45, 2.75) is 0 Å². The maximum absolute atomic E-state index is 7.29. The van der Waals surface area contributed by atoms with Crippen LogP contribution >= 0.6 is 0 Å². The summed E-state index contributed by atoms with van der Waals surface area (Å²) in [6.45, 7) is 4.24. The minimum absolute atomic E-state index is 0.658. The summed E-state index contributed by atoms with van der Waals surface area (Å²) in [5.41, 5.74) is 6.42. The molecule has 6 rings (SSSR count). The number of allylic oxidation sites excluding steroid dienone is 1. The summed E-state index contributed by atoms with van der Waals surface area (Å²) in [6, 6.07) is 22.5. The van der Waals surface area contributed by atoms with Crippen LogP contribution in [0.2, 0.25) is 0 Å². The van der Waals surface area contributed by atoms with Gasteiger partial charge in [0.25, 0.3) is 0 Å². The zero-order chi connectivity index (χ0) is 21.7. The van der Waals surface area contributed by atoms with Gasteiger partial charge in [0.1, 0.15) is 12.0 Å². The van der Waals surface area contributed by atoms with Gasteiger partial charge in [-0.3, -0.25) is 15.0 Å². The van der Waals surface area contributed by atoms with Crippen LogP contribution in [0.1, 0.15) is 0 Å². The number of hydrogen-bond donors (Lipinski definition) is 1. The molecule has 4 aromatic heterocycles. The maximum atomic E-state index is 7.29. The number of nitrogens with zero attached hydrogens (tertiary/aromatic N) is 5. The van der Waals surface area contributed by atoms with Crippen LogP contribution in [-0.4, -0.2) is 31.7 Å². The van der Waals surface area contributed by atoms with Crippen LogP contribution < -0.4 is 0 Å². The molecule has 6 nitrogen and oxygen atoms in total. The SMILES string of the molecule is C=C(C=NC=N)n1c2cccnc2c2cnc3c(c4ccccc4n3-c3ccccc3)c21. The van der Waals surface area contributed by atoms with E-state index in [2.05, 4.69) is 50.0 Å². The van der Waals surface area contributed by atoms with Crippen molar-refractivity contribution in [3.8, 4) is 5.69 Å². The van der Waals surface area contributed by atoms with E-state index >= 15 is 0 Å². The zero-order valence-corrected chi connectivity index (χ0v) is 17.1. The van der Waals surface area contributed by atoms with Gasteiger partial charge in [0, 0.05) is 28.9 Å². The van der Waals surface area contributed by atoms with E-state index in [0.29, 0.717) is 5.70 Å². The average molecular weight is 414 g/mol. The van der Waals surface area contributed by atoms with E-state index in [1.807, 2.05) is 48.7 Å². The molecule has 0 aliphatic carbocycles. The van der Waals surface area contributed by atoms with Gasteiger partial charge in [0.2, 0.25) is 0 Å². The summed E-state index contributed by atoms with van der Waals surface area (Å²) in [7, 11) is 0. The molecular weight excluding hydrogens is 396 g/mol. The van der Waals surface area contributed by atoms with Crippen LogP contribution in [-0.2, 0) is 0 Å². The molecule has 0 atom stereocenters. The molecule has 6 aromatic rings. The average Bonchev–Trinajstić information content (AvgIpc) is 3.36. The van der Waals surface area contributed by atoms with Crippen molar-refractivity contribution in [2.24, 2.45) is 4.99 Å². The van der Waals surface area contributed by atoms with Gasteiger partial charge in [-0.1, -0.05) is 43.0 Å². The molecular formula is C26H18N6. The number of aliphatic imine (C=N–C) groups is 1. The van der Waals surface area contributed by atoms with Crippen molar-refractivity contribution in [1.82, 2.24) is 19.1 Å². The van der Waals surface area contributed by atoms with Crippen molar-refractivity contribution in [2.75, 3.05) is 0 Å². The summed E-state index contributed by atoms with van der Waals surface area (Å²) in [5, 5.41) is 10.4. The van der Waals surface area contributed by atoms with Crippen LogP contribution in [0.5, 0.6) is 0 Å². The number of hydrogen-bond acceptors (Lipinski definition) is 3. The van der Waals surface area contributed by atoms with Crippen LogP contribution in [0.4, 0.5) is 0 Å². The topological polar surface area (TPSA) is 71.8 Å². The molecule has 0 saturated carbocycles. The second-order valence-electron chi connectivity index (χ2n) is 7.51. The normalized spacial score (nSPS) is 11.9. The van der Waals surface area contributed by atoms with Gasteiger partial charge in [-0.15, -0.1) is 0 Å². The van der Waals surface area contributed by atoms with Crippen LogP contribution in [0.25, 0.3) is 55.3 Å². The Morgan fingerprint density at radius 1 is 0.906 bits per heavy atom. The summed E-state index contributed by atoms with van der Waals surface area (Å²) in [6.07, 6.45) is 6.29. The standard InChI is InChI=1S/C26H18N6/c1-17(14-28-16-27)31-22-12-7-13-29-24(22)20-15-30-26-23(25(20)31)19-10-5-6-11-21(19)32(26)18-8-3-2-4-9-18/h2-16,27H,1H2. The lowest BCUT2D eigenvalue weighted by atomic mass is 10.1. The van der Waals surface area contributed by atoms with Gasteiger partial charge in [-0.25, -0.2) is 9.98 Å². The molecule has 0 fully saturated rings. The predicted molar refractivity (Wildman–Crippen MR) is 132 cm³/mol. The van der Waals surface area contributed by atoms with Gasteiger partial charge < -0.3 is 4.57 Å². The Hall–Kier alpha value is -4.58. The van der Waals surface area contributed by atoms with E-state index in [-0.39, 0.29) is 0 Å². The predicted octanol–water partition coefficient (Wildman–Crippen LogP) is 5.83. The second-order valence-corrected chi connectivity index (χ2v) is 7.51. The molecule has 152 valence electrons. The van der Waals surface area contributed by atoms with E-state index in [0.717, 1.165) is 55.9 Å². The monoisotopic (exact) mass is 414 g/mol. The van der Waals surface area contributed by atoms with E-state index in [1.165, 1.54) is 0 Å². The first-order valence-electron chi connectivity index (χ1n) is 10.2. The van der Waals surface area contributed by atoms with Crippen LogP contribution in [0, 0.1) is 5.41 Å². The number of benzene rings is 2. The smallest absolute Gasteiger partial charge is 0.147 e. The van der Waals surface area contributed by atoms with Gasteiger partial charge >= 0.3 is 0 Å². The molecule has 2 aromatic carbocycles. The third kappa shape index (κ3) is 2.46. The summed E-state index contributed by atoms with van der Waals surface area (Å²) in [4.78, 5) is 13.6. The first-order valence-corrected chi connectivity index (χ1v) is 10.2. The Morgan fingerprint density at radius 2 is 1.69 bits per heavy atom. The first-order chi connectivity index (χ1) is 15.8. The number of rotatable bonds is 4. The Kier molecular flexibility index (Phi) is 3.98. The number of para-hydroxylation sites is 2. The van der Waals surface area contributed by atoms with Crippen molar-refractivity contribution in [3.63, 3.8) is 0 Å². The number of fused-ring (bicyclic) bond motifs is 7. The third-order valence-corrected chi connectivity index (χ3v) is 5.76. The van der Waals surface area contributed by atoms with E-state index < -0.39 is 0 Å². The van der Waals surface area contributed by atoms with Gasteiger partial charge in [0.05, 0.1) is 39.4 Å². The third-order valence-electron chi connectivity index (χ3n) is 5.76. The Labute approximate surface area is 183 Å². The fourth-order valence-electron chi connectivity index (χ4n) is 4.53. The summed E-state index contributed by atoms with van der Waals surface area (Å²) >= 11 is 0. The Bertz CT molecular complexity index is 1700. The van der Waals surface area contributed by atoms with Crippen LogP contribution in [0.15, 0.2) is 90.7 Å². The first kappa shape index (κ1) is 18.2. The Balaban J connectivity index is 1.87. The molecule has 6 heteroatoms. The molecule has 0 aliphatic heterocycles. The molecule has 4 heterocycles. The second kappa shape index (κ2) is 6.99. The van der Waals surface area contributed by atoms with E-state index in [1.54, 1.807) is 12.4 Å². The lowest BCUT2D eigenvalue weighted by Gasteiger charge is -2.08. The molecule has 0 bridgehead atoms. The molecule has 0 radical (unpaired) electrons. The van der Waals surface area contributed by atoms with Crippen molar-refractivity contribution in [1.29, 1.82) is 5.41 Å². The van der Waals surface area contributed by atoms with Crippen molar-refractivity contribution in [3.05, 3.63) is 85.7 Å². The summed E-state index contributed by atoms with van der Waals surface area (Å²) < 4.78 is 4.25. The largest absolute Gasteiger partial charge is 0.306 e. The van der Waals surface area contributed by atoms with Gasteiger partial charge in [-0.2, -0.15) is 0 Å². The molecule has 0 saturated heterocycles. The minimum atomic E-state index is 0.658. The molecule has 1 N–H and O–H groups in total. The Morgan fingerprint density at radius 3 is 2.53 bits per heavy atom. The zero-order valence-electron chi connectivity index (χ0n) is 17.1. The highest BCUT2D eigenvalue weighted by molar-refractivity contribution is 6.26. The van der Waals surface area contributed by atoms with E-state index in [9.17, 15) is 0 Å². The number of pyridine rings is 2. The minimum Gasteiger partial charge on any atom is -0.306 e. The highest BCUT2D eigenvalue weighted by atomic mass is 15.1. The quantitative estimate of drug-likeness (QED) is 0.291. The number of nitrogens with one attached hydrogen (secondary N) is 1. The lowest BCUT2D eigenvalue weighted by molar-refractivity contribution is 1.14. The highest BCUT2D eigenvalue weighted by Crippen LogP contribution is 2.39. The van der Waals surface area contributed by atoms with E-state index in [4.69, 9.17) is 10.4 Å². The maximum Gasteiger partial charge on any atom is 0.147 e. The van der Waals surface area contributed by atoms with Gasteiger partial charge in [0.15, 0.2) is 0 Å². The van der Waals surface area contributed by atoms with Crippen LogP contribution in [0.3, 0.4) is 0 Å². The molecule has 32 heavy (non-hydrogen) atoms. The fraction of sp³-hybridized carbons (Fsp3) is 0. The molecule has 0 aliphatic rings. The summed E-state index contributed by atoms with van der Waals surface area (Å²) in [5.74, 6) is 0. The lowest BCUT2D eigenvalue weighted by Crippen LogP contribution is -1.98.